The molecule has 0 bridgehead atoms. The van der Waals surface area contributed by atoms with Crippen LogP contribution in [0.3, 0.4) is 0 Å². The van der Waals surface area contributed by atoms with E-state index in [2.05, 4.69) is 26.6 Å². The van der Waals surface area contributed by atoms with Gasteiger partial charge in [-0.05, 0) is 31.0 Å². The van der Waals surface area contributed by atoms with E-state index in [9.17, 15) is 4.79 Å². The molecular weight excluding hydrogens is 414 g/mol. The van der Waals surface area contributed by atoms with Crippen molar-refractivity contribution in [2.24, 2.45) is 0 Å². The molecule has 160 valence electrons. The normalized spacial score (nSPS) is 16.2. The zero-order chi connectivity index (χ0) is 21.0. The summed E-state index contributed by atoms with van der Waals surface area (Å²) in [5.74, 6) is 1.75. The van der Waals surface area contributed by atoms with E-state index >= 15 is 0 Å². The van der Waals surface area contributed by atoms with Crippen LogP contribution in [0.2, 0.25) is 0 Å². The highest BCUT2D eigenvalue weighted by Gasteiger charge is 2.20. The number of hydrogen-bond acceptors (Lipinski definition) is 6. The fraction of sp³-hybridized carbons (Fsp3) is 0.318. The molecule has 5 rings (SSSR count). The third-order valence-corrected chi connectivity index (χ3v) is 6.29. The van der Waals surface area contributed by atoms with Crippen molar-refractivity contribution < 1.29 is 13.9 Å². The number of furan rings is 1. The number of ether oxygens (including phenoxy) is 1. The zero-order valence-electron chi connectivity index (χ0n) is 16.9. The molecule has 3 aromatic heterocycles. The lowest BCUT2D eigenvalue weighted by Gasteiger charge is -2.11. The van der Waals surface area contributed by atoms with Gasteiger partial charge in [0, 0.05) is 35.8 Å². The maximum absolute atomic E-state index is 12.3. The van der Waals surface area contributed by atoms with Crippen LogP contribution in [0.15, 0.2) is 58.4 Å². The molecule has 1 aliphatic rings. The summed E-state index contributed by atoms with van der Waals surface area (Å²) in [6.45, 7) is 1.82. The van der Waals surface area contributed by atoms with Crippen molar-refractivity contribution in [3.05, 3.63) is 54.6 Å². The molecule has 0 aliphatic carbocycles. The number of nitrogens with one attached hydrogen (secondary N) is 2. The molecule has 1 aliphatic heterocycles. The van der Waals surface area contributed by atoms with Crippen LogP contribution >= 0.6 is 11.8 Å². The van der Waals surface area contributed by atoms with E-state index in [1.807, 2.05) is 41.1 Å². The van der Waals surface area contributed by atoms with E-state index in [4.69, 9.17) is 9.15 Å². The zero-order valence-corrected chi connectivity index (χ0v) is 17.7. The second-order valence-corrected chi connectivity index (χ2v) is 8.39. The Hall–Kier alpha value is -3.04. The first kappa shape index (κ1) is 19.9. The van der Waals surface area contributed by atoms with Crippen molar-refractivity contribution in [2.45, 2.75) is 30.6 Å². The summed E-state index contributed by atoms with van der Waals surface area (Å²) >= 11 is 1.37. The molecule has 1 atom stereocenters. The van der Waals surface area contributed by atoms with Gasteiger partial charge in [0.15, 0.2) is 11.0 Å². The number of nitrogens with zero attached hydrogens (tertiary/aromatic N) is 3. The molecule has 2 N–H and O–H groups in total. The van der Waals surface area contributed by atoms with Crippen LogP contribution in [0.5, 0.6) is 0 Å². The number of fused-ring (bicyclic) bond motifs is 1. The van der Waals surface area contributed by atoms with Crippen LogP contribution in [0.1, 0.15) is 18.6 Å². The van der Waals surface area contributed by atoms with Gasteiger partial charge in [0.25, 0.3) is 0 Å². The van der Waals surface area contributed by atoms with E-state index in [1.54, 1.807) is 6.26 Å². The number of aromatic amines is 1. The third kappa shape index (κ3) is 4.38. The van der Waals surface area contributed by atoms with Crippen molar-refractivity contribution in [3.8, 4) is 11.4 Å². The number of thioether (sulfide) groups is 1. The van der Waals surface area contributed by atoms with Gasteiger partial charge in [0.2, 0.25) is 5.91 Å². The topological polar surface area (TPSA) is 98.0 Å². The molecule has 4 aromatic rings. The Bertz CT molecular complexity index is 1160. The Kier molecular flexibility index (Phi) is 5.77. The molecule has 9 heteroatoms. The van der Waals surface area contributed by atoms with Gasteiger partial charge in [-0.25, -0.2) is 0 Å². The number of hydrogen-bond donors (Lipinski definition) is 2. The first-order valence-corrected chi connectivity index (χ1v) is 11.3. The van der Waals surface area contributed by atoms with Crippen LogP contribution in [-0.2, 0) is 16.1 Å². The van der Waals surface area contributed by atoms with Gasteiger partial charge in [-0.3, -0.25) is 9.36 Å². The lowest BCUT2D eigenvalue weighted by molar-refractivity contribution is -0.119. The minimum Gasteiger partial charge on any atom is -0.467 e. The minimum atomic E-state index is -0.0401. The van der Waals surface area contributed by atoms with Crippen LogP contribution in [0.25, 0.3) is 22.3 Å². The second kappa shape index (κ2) is 8.99. The van der Waals surface area contributed by atoms with Crippen LogP contribution in [0, 0.1) is 0 Å². The molecule has 4 heterocycles. The fourth-order valence-corrected chi connectivity index (χ4v) is 4.53. The molecule has 0 unspecified atom stereocenters. The highest BCUT2D eigenvalue weighted by Crippen LogP contribution is 2.30. The average molecular weight is 438 g/mol. The van der Waals surface area contributed by atoms with E-state index in [0.717, 1.165) is 47.5 Å². The maximum atomic E-state index is 12.3. The first-order valence-electron chi connectivity index (χ1n) is 10.3. The number of para-hydroxylation sites is 1. The van der Waals surface area contributed by atoms with Gasteiger partial charge < -0.3 is 19.5 Å². The molecule has 0 radical (unpaired) electrons. The smallest absolute Gasteiger partial charge is 0.230 e. The van der Waals surface area contributed by atoms with Gasteiger partial charge in [0.1, 0.15) is 5.76 Å². The predicted molar refractivity (Wildman–Crippen MR) is 118 cm³/mol. The Balaban J connectivity index is 1.36. The SMILES string of the molecule is O=C(CSc1nnc(-c2c[nH]c3ccccc23)n1Cc1ccco1)NC[C@@H]1CCCO1. The Morgan fingerprint density at radius 1 is 1.26 bits per heavy atom. The van der Waals surface area contributed by atoms with E-state index < -0.39 is 0 Å². The van der Waals surface area contributed by atoms with E-state index in [1.165, 1.54) is 11.8 Å². The monoisotopic (exact) mass is 437 g/mol. The van der Waals surface area contributed by atoms with Crippen LogP contribution < -0.4 is 5.32 Å². The highest BCUT2D eigenvalue weighted by atomic mass is 32.2. The highest BCUT2D eigenvalue weighted by molar-refractivity contribution is 7.99. The Morgan fingerprint density at radius 3 is 3.03 bits per heavy atom. The van der Waals surface area contributed by atoms with Crippen molar-refractivity contribution in [2.75, 3.05) is 18.9 Å². The van der Waals surface area contributed by atoms with Crippen LogP contribution in [0.4, 0.5) is 0 Å². The summed E-state index contributed by atoms with van der Waals surface area (Å²) in [4.78, 5) is 15.6. The molecule has 31 heavy (non-hydrogen) atoms. The van der Waals surface area contributed by atoms with Gasteiger partial charge in [-0.1, -0.05) is 30.0 Å². The summed E-state index contributed by atoms with van der Waals surface area (Å²) in [6.07, 6.45) is 5.78. The van der Waals surface area contributed by atoms with Crippen molar-refractivity contribution in [1.29, 1.82) is 0 Å². The summed E-state index contributed by atoms with van der Waals surface area (Å²) < 4.78 is 13.1. The molecular formula is C22H23N5O3S. The van der Waals surface area contributed by atoms with E-state index in [-0.39, 0.29) is 17.8 Å². The first-order chi connectivity index (χ1) is 15.3. The molecule has 1 aromatic carbocycles. The molecule has 1 amide bonds. The number of amides is 1. The summed E-state index contributed by atoms with van der Waals surface area (Å²) in [5, 5.41) is 13.5. The quantitative estimate of drug-likeness (QED) is 0.410. The number of benzene rings is 1. The molecule has 1 fully saturated rings. The number of carbonyl (C=O) groups is 1. The Morgan fingerprint density at radius 2 is 2.19 bits per heavy atom. The Labute approximate surface area is 183 Å². The number of rotatable bonds is 8. The predicted octanol–water partition coefficient (Wildman–Crippen LogP) is 3.46. The van der Waals surface area contributed by atoms with Gasteiger partial charge in [-0.2, -0.15) is 0 Å². The lowest BCUT2D eigenvalue weighted by atomic mass is 10.1. The van der Waals surface area contributed by atoms with Crippen LogP contribution in [-0.4, -0.2) is 50.7 Å². The molecule has 0 spiro atoms. The minimum absolute atomic E-state index is 0.0401. The van der Waals surface area contributed by atoms with Crippen molar-refractivity contribution in [1.82, 2.24) is 25.1 Å². The lowest BCUT2D eigenvalue weighted by Crippen LogP contribution is -2.32. The van der Waals surface area contributed by atoms with E-state index in [0.29, 0.717) is 18.2 Å². The number of carbonyl (C=O) groups excluding carboxylic acids is 1. The fourth-order valence-electron chi connectivity index (χ4n) is 3.77. The van der Waals surface area contributed by atoms with Gasteiger partial charge in [0.05, 0.1) is 24.7 Å². The largest absolute Gasteiger partial charge is 0.467 e. The molecule has 0 saturated carbocycles. The van der Waals surface area contributed by atoms with Crippen molar-refractivity contribution in [3.63, 3.8) is 0 Å². The standard InChI is InChI=1S/C22H23N5O3S/c28-20(24-11-15-5-3-9-29-15)14-31-22-26-25-21(27(22)13-16-6-4-10-30-16)18-12-23-19-8-2-1-7-17(18)19/h1-2,4,6-8,10,12,15,23H,3,5,9,11,13-14H2,(H,24,28)/t15-/m0/s1. The van der Waals surface area contributed by atoms with Gasteiger partial charge >= 0.3 is 0 Å². The number of aromatic nitrogens is 4. The van der Waals surface area contributed by atoms with Crippen molar-refractivity contribution >= 4 is 28.6 Å². The summed E-state index contributed by atoms with van der Waals surface area (Å²) in [5.41, 5.74) is 2.00. The third-order valence-electron chi connectivity index (χ3n) is 5.32. The average Bonchev–Trinajstić information content (AvgIpc) is 3.59. The second-order valence-electron chi connectivity index (χ2n) is 7.45. The maximum Gasteiger partial charge on any atom is 0.230 e. The summed E-state index contributed by atoms with van der Waals surface area (Å²) in [7, 11) is 0. The molecule has 1 saturated heterocycles. The van der Waals surface area contributed by atoms with Gasteiger partial charge in [-0.15, -0.1) is 10.2 Å². The molecule has 8 nitrogen and oxygen atoms in total. The summed E-state index contributed by atoms with van der Waals surface area (Å²) in [6, 6.07) is 11.9. The number of H-pyrrole nitrogens is 1.